The first-order valence-corrected chi connectivity index (χ1v) is 14.8. The van der Waals surface area contributed by atoms with Crippen molar-refractivity contribution in [2.24, 2.45) is 11.8 Å². The molecular formula is C30H62. The van der Waals surface area contributed by atoms with E-state index in [0.717, 1.165) is 11.8 Å². The molecular weight excluding hydrogens is 360 g/mol. The van der Waals surface area contributed by atoms with Gasteiger partial charge in [-0.2, -0.15) is 0 Å². The van der Waals surface area contributed by atoms with E-state index in [1.54, 1.807) is 0 Å². The number of hydrogen-bond acceptors (Lipinski definition) is 0. The van der Waals surface area contributed by atoms with Gasteiger partial charge in [-0.25, -0.2) is 0 Å². The van der Waals surface area contributed by atoms with Gasteiger partial charge in [-0.05, 0) is 11.8 Å². The molecule has 0 aliphatic heterocycles. The van der Waals surface area contributed by atoms with Gasteiger partial charge in [0.05, 0.1) is 0 Å². The quantitative estimate of drug-likeness (QED) is 0.128. The third-order valence-corrected chi connectivity index (χ3v) is 7.38. The largest absolute Gasteiger partial charge is 0.0654 e. The molecule has 0 radical (unpaired) electrons. The van der Waals surface area contributed by atoms with Crippen LogP contribution in [0.15, 0.2) is 0 Å². The van der Waals surface area contributed by atoms with Gasteiger partial charge in [-0.3, -0.25) is 0 Å². The molecule has 0 aliphatic carbocycles. The molecule has 0 heterocycles. The first-order chi connectivity index (χ1) is 14.8. The molecule has 0 nitrogen and oxygen atoms in total. The molecule has 0 fully saturated rings. The van der Waals surface area contributed by atoms with Crippen LogP contribution in [0.1, 0.15) is 182 Å². The first-order valence-electron chi connectivity index (χ1n) is 14.8. The van der Waals surface area contributed by atoms with Crippen molar-refractivity contribution in [2.45, 2.75) is 182 Å². The molecule has 0 N–H and O–H groups in total. The van der Waals surface area contributed by atoms with E-state index in [4.69, 9.17) is 0 Å². The van der Waals surface area contributed by atoms with Crippen molar-refractivity contribution in [3.8, 4) is 0 Å². The van der Waals surface area contributed by atoms with Crippen LogP contribution >= 0.6 is 0 Å². The molecule has 0 rings (SSSR count). The van der Waals surface area contributed by atoms with Crippen molar-refractivity contribution >= 4 is 0 Å². The van der Waals surface area contributed by atoms with Crippen molar-refractivity contribution < 1.29 is 0 Å². The minimum absolute atomic E-state index is 1.03. The molecule has 0 amide bonds. The van der Waals surface area contributed by atoms with Crippen LogP contribution in [0, 0.1) is 11.8 Å². The van der Waals surface area contributed by atoms with Crippen LogP contribution in [0.3, 0.4) is 0 Å². The molecule has 0 aromatic carbocycles. The summed E-state index contributed by atoms with van der Waals surface area (Å²) >= 11 is 0. The van der Waals surface area contributed by atoms with Crippen LogP contribution in [-0.4, -0.2) is 0 Å². The van der Waals surface area contributed by atoms with Gasteiger partial charge in [0.1, 0.15) is 0 Å². The van der Waals surface area contributed by atoms with E-state index in [9.17, 15) is 0 Å². The Kier molecular flexibility index (Phi) is 25.3. The Balaban J connectivity index is 4.45. The Morgan fingerprint density at radius 1 is 0.267 bits per heavy atom. The fraction of sp³-hybridized carbons (Fsp3) is 1.00. The molecule has 0 aliphatic rings. The summed E-state index contributed by atoms with van der Waals surface area (Å²) in [7, 11) is 0. The van der Waals surface area contributed by atoms with E-state index in [1.807, 2.05) is 0 Å². The molecule has 0 bridgehead atoms. The summed E-state index contributed by atoms with van der Waals surface area (Å²) in [4.78, 5) is 0. The lowest BCUT2D eigenvalue weighted by Crippen LogP contribution is -2.16. The number of rotatable bonds is 25. The summed E-state index contributed by atoms with van der Waals surface area (Å²) < 4.78 is 0. The minimum Gasteiger partial charge on any atom is -0.0654 e. The molecule has 0 aromatic rings. The predicted molar refractivity (Wildman–Crippen MR) is 140 cm³/mol. The van der Waals surface area contributed by atoms with E-state index in [0.29, 0.717) is 0 Å². The van der Waals surface area contributed by atoms with Gasteiger partial charge in [0.25, 0.3) is 0 Å². The summed E-state index contributed by atoms with van der Waals surface area (Å²) in [6.45, 7) is 9.38. The molecule has 182 valence electrons. The lowest BCUT2D eigenvalue weighted by atomic mass is 9.78. The highest BCUT2D eigenvalue weighted by atomic mass is 14.3. The Morgan fingerprint density at radius 2 is 0.500 bits per heavy atom. The molecule has 1 unspecified atom stereocenters. The standard InChI is InChI=1S/C30H62/c1-5-9-13-16-19-22-26-29(25-12-8-4)30(27-23-20-17-14-10-6-2)28-24-21-18-15-11-7-3/h29-30H,5-28H2,1-4H3. The minimum atomic E-state index is 1.03. The van der Waals surface area contributed by atoms with E-state index in [1.165, 1.54) is 154 Å². The zero-order valence-corrected chi connectivity index (χ0v) is 22.1. The van der Waals surface area contributed by atoms with Crippen molar-refractivity contribution in [3.63, 3.8) is 0 Å². The molecule has 0 spiro atoms. The second-order valence-electron chi connectivity index (χ2n) is 10.3. The third-order valence-electron chi connectivity index (χ3n) is 7.38. The fourth-order valence-electron chi connectivity index (χ4n) is 5.26. The third kappa shape index (κ3) is 19.9. The topological polar surface area (TPSA) is 0 Å². The van der Waals surface area contributed by atoms with E-state index in [2.05, 4.69) is 27.7 Å². The second kappa shape index (κ2) is 25.3. The highest BCUT2D eigenvalue weighted by Crippen LogP contribution is 2.33. The smallest absolute Gasteiger partial charge is 0.0386 e. The molecule has 0 heteroatoms. The van der Waals surface area contributed by atoms with E-state index < -0.39 is 0 Å². The van der Waals surface area contributed by atoms with Gasteiger partial charge in [0, 0.05) is 0 Å². The number of unbranched alkanes of at least 4 members (excludes halogenated alkanes) is 16. The van der Waals surface area contributed by atoms with Crippen LogP contribution in [0.4, 0.5) is 0 Å². The van der Waals surface area contributed by atoms with Crippen LogP contribution < -0.4 is 0 Å². The van der Waals surface area contributed by atoms with E-state index in [-0.39, 0.29) is 0 Å². The first kappa shape index (κ1) is 30.0. The van der Waals surface area contributed by atoms with Crippen LogP contribution in [0.25, 0.3) is 0 Å². The molecule has 1 atom stereocenters. The maximum absolute atomic E-state index is 2.39. The molecule has 0 saturated carbocycles. The Bertz CT molecular complexity index is 278. The summed E-state index contributed by atoms with van der Waals surface area (Å²) in [6, 6.07) is 0. The van der Waals surface area contributed by atoms with Crippen molar-refractivity contribution in [3.05, 3.63) is 0 Å². The van der Waals surface area contributed by atoms with Crippen LogP contribution in [-0.2, 0) is 0 Å². The fourth-order valence-corrected chi connectivity index (χ4v) is 5.26. The van der Waals surface area contributed by atoms with Crippen molar-refractivity contribution in [1.29, 1.82) is 0 Å². The summed E-state index contributed by atoms with van der Waals surface area (Å²) in [6.07, 6.45) is 35.2. The maximum atomic E-state index is 2.39. The normalized spacial score (nSPS) is 12.7. The van der Waals surface area contributed by atoms with Gasteiger partial charge in [0.15, 0.2) is 0 Å². The van der Waals surface area contributed by atoms with Gasteiger partial charge in [-0.15, -0.1) is 0 Å². The molecule has 0 aromatic heterocycles. The second-order valence-corrected chi connectivity index (χ2v) is 10.3. The van der Waals surface area contributed by atoms with Crippen LogP contribution in [0.2, 0.25) is 0 Å². The summed E-state index contributed by atoms with van der Waals surface area (Å²) in [5, 5.41) is 0. The van der Waals surface area contributed by atoms with Gasteiger partial charge in [0.2, 0.25) is 0 Å². The average molecular weight is 423 g/mol. The highest BCUT2D eigenvalue weighted by Gasteiger charge is 2.20. The molecule has 0 saturated heterocycles. The van der Waals surface area contributed by atoms with Gasteiger partial charge < -0.3 is 0 Å². The predicted octanol–water partition coefficient (Wildman–Crippen LogP) is 11.7. The average Bonchev–Trinajstić information content (AvgIpc) is 2.76. The van der Waals surface area contributed by atoms with Gasteiger partial charge in [-0.1, -0.05) is 182 Å². The summed E-state index contributed by atoms with van der Waals surface area (Å²) in [5.74, 6) is 2.06. The van der Waals surface area contributed by atoms with Crippen LogP contribution in [0.5, 0.6) is 0 Å². The Labute approximate surface area is 193 Å². The summed E-state index contributed by atoms with van der Waals surface area (Å²) in [5.41, 5.74) is 0. The Morgan fingerprint density at radius 3 is 0.800 bits per heavy atom. The van der Waals surface area contributed by atoms with Crippen molar-refractivity contribution in [1.82, 2.24) is 0 Å². The molecule has 30 heavy (non-hydrogen) atoms. The zero-order valence-electron chi connectivity index (χ0n) is 22.1. The lowest BCUT2D eigenvalue weighted by Gasteiger charge is -2.28. The SMILES string of the molecule is CCCCCCCCC(CCCC)C(CCCCCCCC)CCCCCCCC. The number of hydrogen-bond donors (Lipinski definition) is 0. The monoisotopic (exact) mass is 422 g/mol. The zero-order chi connectivity index (χ0) is 22.1. The lowest BCUT2D eigenvalue weighted by molar-refractivity contribution is 0.238. The van der Waals surface area contributed by atoms with E-state index >= 15 is 0 Å². The Hall–Kier alpha value is 0. The highest BCUT2D eigenvalue weighted by molar-refractivity contribution is 4.72. The van der Waals surface area contributed by atoms with Gasteiger partial charge >= 0.3 is 0 Å². The maximum Gasteiger partial charge on any atom is -0.0386 e. The van der Waals surface area contributed by atoms with Crippen molar-refractivity contribution in [2.75, 3.05) is 0 Å².